The first kappa shape index (κ1) is 12.3. The zero-order chi connectivity index (χ0) is 12.1. The summed E-state index contributed by atoms with van der Waals surface area (Å²) in [5.41, 5.74) is 3.52. The second-order valence-electron chi connectivity index (χ2n) is 4.51. The molecule has 92 valence electrons. The molecule has 0 radical (unpaired) electrons. The monoisotopic (exact) mass is 233 g/mol. The molecular weight excluding hydrogens is 214 g/mol. The molecule has 3 nitrogen and oxygen atoms in total. The Hall–Kier alpha value is -1.19. The molecule has 0 saturated carbocycles. The number of hydrogen-bond acceptors (Lipinski definition) is 3. The van der Waals surface area contributed by atoms with Crippen LogP contribution in [-0.2, 0) is 12.8 Å². The van der Waals surface area contributed by atoms with Gasteiger partial charge in [-0.25, -0.2) is 0 Å². The number of hydrogen-bond donors (Lipinski definition) is 2. The SMILES string of the molecule is O=C(CNCCO)c1ccc2c(c1)CCCC2. The second-order valence-corrected chi connectivity index (χ2v) is 4.51. The molecule has 1 aromatic rings. The number of benzene rings is 1. The van der Waals surface area contributed by atoms with Crippen molar-refractivity contribution in [2.24, 2.45) is 0 Å². The summed E-state index contributed by atoms with van der Waals surface area (Å²) < 4.78 is 0. The predicted molar refractivity (Wildman–Crippen MR) is 67.4 cm³/mol. The number of Topliss-reactive ketones (excluding diaryl/α,β-unsaturated/α-hetero) is 1. The molecule has 0 heterocycles. The normalized spacial score (nSPS) is 14.4. The molecule has 1 aromatic carbocycles. The standard InChI is InChI=1S/C14H19NO2/c16-8-7-15-10-14(17)13-6-5-11-3-1-2-4-12(11)9-13/h5-6,9,15-16H,1-4,7-8,10H2. The molecule has 0 aromatic heterocycles. The minimum atomic E-state index is 0.0669. The summed E-state index contributed by atoms with van der Waals surface area (Å²) in [4.78, 5) is 11.9. The molecular formula is C14H19NO2. The number of aliphatic hydroxyl groups is 1. The fourth-order valence-electron chi connectivity index (χ4n) is 2.29. The maximum Gasteiger partial charge on any atom is 0.176 e. The first-order chi connectivity index (χ1) is 8.31. The summed E-state index contributed by atoms with van der Waals surface area (Å²) in [5, 5.41) is 11.5. The summed E-state index contributed by atoms with van der Waals surface area (Å²) in [7, 11) is 0. The van der Waals surface area contributed by atoms with E-state index in [0.29, 0.717) is 13.1 Å². The number of aryl methyl sites for hydroxylation is 2. The van der Waals surface area contributed by atoms with Crippen molar-refractivity contribution in [3.8, 4) is 0 Å². The number of carbonyl (C=O) groups is 1. The van der Waals surface area contributed by atoms with Crippen LogP contribution in [0.15, 0.2) is 18.2 Å². The summed E-state index contributed by atoms with van der Waals surface area (Å²) in [5.74, 6) is 0.104. The van der Waals surface area contributed by atoms with Gasteiger partial charge in [-0.3, -0.25) is 4.79 Å². The number of carbonyl (C=O) groups excluding carboxylic acids is 1. The lowest BCUT2D eigenvalue weighted by atomic mass is 9.90. The third-order valence-electron chi connectivity index (χ3n) is 3.24. The van der Waals surface area contributed by atoms with Gasteiger partial charge in [0.15, 0.2) is 5.78 Å². The summed E-state index contributed by atoms with van der Waals surface area (Å²) in [6, 6.07) is 6.05. The van der Waals surface area contributed by atoms with Crippen LogP contribution >= 0.6 is 0 Å². The van der Waals surface area contributed by atoms with Crippen molar-refractivity contribution in [1.29, 1.82) is 0 Å². The van der Waals surface area contributed by atoms with E-state index in [9.17, 15) is 4.79 Å². The molecule has 0 bridgehead atoms. The van der Waals surface area contributed by atoms with E-state index >= 15 is 0 Å². The fraction of sp³-hybridized carbons (Fsp3) is 0.500. The van der Waals surface area contributed by atoms with Crippen LogP contribution in [0.25, 0.3) is 0 Å². The minimum Gasteiger partial charge on any atom is -0.395 e. The van der Waals surface area contributed by atoms with Gasteiger partial charge in [-0.05, 0) is 42.9 Å². The first-order valence-electron chi connectivity index (χ1n) is 6.28. The minimum absolute atomic E-state index is 0.0669. The Kier molecular flexibility index (Phi) is 4.29. The number of aliphatic hydroxyl groups excluding tert-OH is 1. The molecule has 0 fully saturated rings. The summed E-state index contributed by atoms with van der Waals surface area (Å²) in [6.45, 7) is 0.841. The van der Waals surface area contributed by atoms with Crippen molar-refractivity contribution >= 4 is 5.78 Å². The van der Waals surface area contributed by atoms with Gasteiger partial charge < -0.3 is 10.4 Å². The van der Waals surface area contributed by atoms with Crippen LogP contribution in [-0.4, -0.2) is 30.6 Å². The van der Waals surface area contributed by atoms with E-state index in [2.05, 4.69) is 11.4 Å². The Bertz CT molecular complexity index is 401. The zero-order valence-corrected chi connectivity index (χ0v) is 10.0. The Morgan fingerprint density at radius 1 is 1.24 bits per heavy atom. The molecule has 0 amide bonds. The quantitative estimate of drug-likeness (QED) is 0.596. The Morgan fingerprint density at radius 2 is 2.00 bits per heavy atom. The van der Waals surface area contributed by atoms with Crippen LogP contribution < -0.4 is 5.32 Å². The summed E-state index contributed by atoms with van der Waals surface area (Å²) in [6.07, 6.45) is 4.73. The van der Waals surface area contributed by atoms with Gasteiger partial charge in [-0.1, -0.05) is 12.1 Å². The first-order valence-corrected chi connectivity index (χ1v) is 6.28. The average Bonchev–Trinajstić information content (AvgIpc) is 2.38. The molecule has 3 heteroatoms. The molecule has 0 atom stereocenters. The van der Waals surface area contributed by atoms with E-state index in [1.807, 2.05) is 12.1 Å². The van der Waals surface area contributed by atoms with E-state index in [1.165, 1.54) is 24.0 Å². The van der Waals surface area contributed by atoms with Gasteiger partial charge in [-0.15, -0.1) is 0 Å². The Labute approximate surface area is 102 Å². The van der Waals surface area contributed by atoms with Gasteiger partial charge in [0, 0.05) is 12.1 Å². The molecule has 0 saturated heterocycles. The highest BCUT2D eigenvalue weighted by atomic mass is 16.3. The van der Waals surface area contributed by atoms with Crippen LogP contribution in [0.5, 0.6) is 0 Å². The van der Waals surface area contributed by atoms with Crippen molar-refractivity contribution in [2.75, 3.05) is 19.7 Å². The Balaban J connectivity index is 2.03. The lowest BCUT2D eigenvalue weighted by molar-refractivity contribution is 0.0989. The highest BCUT2D eigenvalue weighted by Gasteiger charge is 2.12. The second kappa shape index (κ2) is 5.94. The number of ketones is 1. The highest BCUT2D eigenvalue weighted by Crippen LogP contribution is 2.22. The fourth-order valence-corrected chi connectivity index (χ4v) is 2.29. The van der Waals surface area contributed by atoms with Gasteiger partial charge in [0.2, 0.25) is 0 Å². The molecule has 2 N–H and O–H groups in total. The average molecular weight is 233 g/mol. The third kappa shape index (κ3) is 3.14. The van der Waals surface area contributed by atoms with E-state index in [0.717, 1.165) is 18.4 Å². The molecule has 1 aliphatic carbocycles. The molecule has 0 aliphatic heterocycles. The zero-order valence-electron chi connectivity index (χ0n) is 10.0. The van der Waals surface area contributed by atoms with Gasteiger partial charge in [-0.2, -0.15) is 0 Å². The van der Waals surface area contributed by atoms with Crippen LogP contribution in [0.2, 0.25) is 0 Å². The number of nitrogens with one attached hydrogen (secondary N) is 1. The van der Waals surface area contributed by atoms with Crippen molar-refractivity contribution in [1.82, 2.24) is 5.32 Å². The van der Waals surface area contributed by atoms with Crippen LogP contribution in [0.1, 0.15) is 34.3 Å². The lowest BCUT2D eigenvalue weighted by Gasteiger charge is -2.16. The topological polar surface area (TPSA) is 49.3 Å². The van der Waals surface area contributed by atoms with Crippen molar-refractivity contribution in [3.05, 3.63) is 34.9 Å². The molecule has 2 rings (SSSR count). The van der Waals surface area contributed by atoms with Crippen LogP contribution in [0.3, 0.4) is 0 Å². The van der Waals surface area contributed by atoms with Crippen LogP contribution in [0.4, 0.5) is 0 Å². The molecule has 17 heavy (non-hydrogen) atoms. The van der Waals surface area contributed by atoms with Gasteiger partial charge >= 0.3 is 0 Å². The number of rotatable bonds is 5. The predicted octanol–water partition coefficient (Wildman–Crippen LogP) is 1.33. The van der Waals surface area contributed by atoms with Gasteiger partial charge in [0.1, 0.15) is 0 Å². The maximum absolute atomic E-state index is 11.9. The highest BCUT2D eigenvalue weighted by molar-refractivity contribution is 5.97. The van der Waals surface area contributed by atoms with E-state index in [4.69, 9.17) is 5.11 Å². The van der Waals surface area contributed by atoms with Crippen molar-refractivity contribution < 1.29 is 9.90 Å². The number of fused-ring (bicyclic) bond motifs is 1. The molecule has 0 spiro atoms. The van der Waals surface area contributed by atoms with Gasteiger partial charge in [0.25, 0.3) is 0 Å². The van der Waals surface area contributed by atoms with Gasteiger partial charge in [0.05, 0.1) is 13.2 Å². The molecule has 0 unspecified atom stereocenters. The van der Waals surface area contributed by atoms with E-state index in [-0.39, 0.29) is 12.4 Å². The largest absolute Gasteiger partial charge is 0.395 e. The van der Waals surface area contributed by atoms with Crippen molar-refractivity contribution in [2.45, 2.75) is 25.7 Å². The van der Waals surface area contributed by atoms with Crippen LogP contribution in [0, 0.1) is 0 Å². The van der Waals surface area contributed by atoms with Crippen molar-refractivity contribution in [3.63, 3.8) is 0 Å². The lowest BCUT2D eigenvalue weighted by Crippen LogP contribution is -2.25. The Morgan fingerprint density at radius 3 is 2.76 bits per heavy atom. The summed E-state index contributed by atoms with van der Waals surface area (Å²) >= 11 is 0. The molecule has 1 aliphatic rings. The maximum atomic E-state index is 11.9. The third-order valence-corrected chi connectivity index (χ3v) is 3.24. The van der Waals surface area contributed by atoms with E-state index in [1.54, 1.807) is 0 Å². The smallest absolute Gasteiger partial charge is 0.176 e. The van der Waals surface area contributed by atoms with E-state index < -0.39 is 0 Å².